The number of rotatable bonds is 6. The lowest BCUT2D eigenvalue weighted by Gasteiger charge is -2.25. The van der Waals surface area contributed by atoms with Gasteiger partial charge in [0.15, 0.2) is 0 Å². The third kappa shape index (κ3) is 5.09. The summed E-state index contributed by atoms with van der Waals surface area (Å²) in [4.78, 5) is 14.1. The minimum atomic E-state index is -0.0381. The standard InChI is InChI=1S/C14H22ClN3O/c1-4-7-18(10(2)3)9-14(19)17-11-5-6-12(15)13(16)8-11/h5-6,8,10H,4,7,9,16H2,1-3H3,(H,17,19). The van der Waals surface area contributed by atoms with Crippen LogP contribution in [0.3, 0.4) is 0 Å². The van der Waals surface area contributed by atoms with Crippen LogP contribution < -0.4 is 11.1 Å². The molecule has 1 aromatic rings. The Morgan fingerprint density at radius 2 is 2.16 bits per heavy atom. The minimum absolute atomic E-state index is 0.0381. The van der Waals surface area contributed by atoms with Gasteiger partial charge in [-0.1, -0.05) is 18.5 Å². The maximum absolute atomic E-state index is 12.0. The zero-order chi connectivity index (χ0) is 14.4. The summed E-state index contributed by atoms with van der Waals surface area (Å²) in [5.74, 6) is -0.0381. The van der Waals surface area contributed by atoms with Crippen molar-refractivity contribution in [3.8, 4) is 0 Å². The first-order valence-electron chi connectivity index (χ1n) is 6.53. The van der Waals surface area contributed by atoms with Gasteiger partial charge in [-0.2, -0.15) is 0 Å². The molecule has 4 nitrogen and oxygen atoms in total. The summed E-state index contributed by atoms with van der Waals surface area (Å²) in [6, 6.07) is 5.44. The third-order valence-corrected chi connectivity index (χ3v) is 3.21. The Morgan fingerprint density at radius 3 is 2.68 bits per heavy atom. The molecule has 0 saturated heterocycles. The molecule has 0 fully saturated rings. The van der Waals surface area contributed by atoms with E-state index in [1.165, 1.54) is 0 Å². The lowest BCUT2D eigenvalue weighted by atomic mass is 10.2. The number of anilines is 2. The van der Waals surface area contributed by atoms with Crippen molar-refractivity contribution in [2.24, 2.45) is 0 Å². The van der Waals surface area contributed by atoms with E-state index in [2.05, 4.69) is 31.0 Å². The van der Waals surface area contributed by atoms with Gasteiger partial charge < -0.3 is 11.1 Å². The maximum Gasteiger partial charge on any atom is 0.238 e. The first-order chi connectivity index (χ1) is 8.93. The SMILES string of the molecule is CCCN(CC(=O)Nc1ccc(Cl)c(N)c1)C(C)C. The Hall–Kier alpha value is -1.26. The quantitative estimate of drug-likeness (QED) is 0.789. The number of nitrogen functional groups attached to an aromatic ring is 1. The van der Waals surface area contributed by atoms with E-state index in [1.54, 1.807) is 18.2 Å². The highest BCUT2D eigenvalue weighted by atomic mass is 35.5. The monoisotopic (exact) mass is 283 g/mol. The van der Waals surface area contributed by atoms with Crippen molar-refractivity contribution in [3.63, 3.8) is 0 Å². The molecule has 0 saturated carbocycles. The second-order valence-electron chi connectivity index (χ2n) is 4.85. The molecule has 0 atom stereocenters. The van der Waals surface area contributed by atoms with Gasteiger partial charge in [0, 0.05) is 11.7 Å². The molecular weight excluding hydrogens is 262 g/mol. The van der Waals surface area contributed by atoms with Crippen LogP contribution in [0, 0.1) is 0 Å². The van der Waals surface area contributed by atoms with Crippen LogP contribution in [0.2, 0.25) is 5.02 Å². The summed E-state index contributed by atoms with van der Waals surface area (Å²) in [5.41, 5.74) is 6.84. The van der Waals surface area contributed by atoms with Gasteiger partial charge in [0.2, 0.25) is 5.91 Å². The van der Waals surface area contributed by atoms with Crippen molar-refractivity contribution < 1.29 is 4.79 Å². The number of carbonyl (C=O) groups excluding carboxylic acids is 1. The van der Waals surface area contributed by atoms with E-state index in [1.807, 2.05) is 0 Å². The van der Waals surface area contributed by atoms with E-state index in [0.717, 1.165) is 13.0 Å². The van der Waals surface area contributed by atoms with E-state index < -0.39 is 0 Å². The molecule has 19 heavy (non-hydrogen) atoms. The Morgan fingerprint density at radius 1 is 1.47 bits per heavy atom. The van der Waals surface area contributed by atoms with Crippen LogP contribution >= 0.6 is 11.6 Å². The van der Waals surface area contributed by atoms with Crippen LogP contribution in [-0.4, -0.2) is 29.9 Å². The molecule has 0 bridgehead atoms. The number of carbonyl (C=O) groups is 1. The highest BCUT2D eigenvalue weighted by molar-refractivity contribution is 6.33. The molecule has 106 valence electrons. The van der Waals surface area contributed by atoms with Gasteiger partial charge in [-0.3, -0.25) is 9.69 Å². The normalized spacial score (nSPS) is 11.1. The molecule has 1 rings (SSSR count). The molecule has 5 heteroatoms. The fourth-order valence-corrected chi connectivity index (χ4v) is 1.93. The first kappa shape index (κ1) is 15.8. The lowest BCUT2D eigenvalue weighted by Crippen LogP contribution is -2.38. The van der Waals surface area contributed by atoms with Crippen molar-refractivity contribution in [1.82, 2.24) is 4.90 Å². The average Bonchev–Trinajstić information content (AvgIpc) is 2.33. The molecule has 0 aromatic heterocycles. The Bertz CT molecular complexity index is 435. The average molecular weight is 284 g/mol. The van der Waals surface area contributed by atoms with Crippen LogP contribution in [-0.2, 0) is 4.79 Å². The van der Waals surface area contributed by atoms with E-state index in [0.29, 0.717) is 29.0 Å². The van der Waals surface area contributed by atoms with Crippen molar-refractivity contribution in [3.05, 3.63) is 23.2 Å². The van der Waals surface area contributed by atoms with E-state index in [9.17, 15) is 4.79 Å². The van der Waals surface area contributed by atoms with E-state index >= 15 is 0 Å². The Balaban J connectivity index is 2.61. The highest BCUT2D eigenvalue weighted by Crippen LogP contribution is 2.22. The number of amides is 1. The maximum atomic E-state index is 12.0. The predicted molar refractivity (Wildman–Crippen MR) is 81.5 cm³/mol. The molecule has 0 unspecified atom stereocenters. The molecule has 0 aliphatic carbocycles. The van der Waals surface area contributed by atoms with Gasteiger partial charge >= 0.3 is 0 Å². The summed E-state index contributed by atoms with van der Waals surface area (Å²) < 4.78 is 0. The third-order valence-electron chi connectivity index (χ3n) is 2.87. The number of nitrogens with zero attached hydrogens (tertiary/aromatic N) is 1. The second kappa shape index (κ2) is 7.36. The van der Waals surface area contributed by atoms with Crippen LogP contribution in [0.15, 0.2) is 18.2 Å². The largest absolute Gasteiger partial charge is 0.397 e. The predicted octanol–water partition coefficient (Wildman–Crippen LogP) is 2.98. The number of nitrogens with one attached hydrogen (secondary N) is 1. The molecule has 1 amide bonds. The van der Waals surface area contributed by atoms with E-state index in [4.69, 9.17) is 17.3 Å². The van der Waals surface area contributed by atoms with Crippen molar-refractivity contribution in [2.75, 3.05) is 24.1 Å². The van der Waals surface area contributed by atoms with Gasteiger partial charge in [0.1, 0.15) is 0 Å². The smallest absolute Gasteiger partial charge is 0.238 e. The molecule has 1 aromatic carbocycles. The molecule has 3 N–H and O–H groups in total. The van der Waals surface area contributed by atoms with E-state index in [-0.39, 0.29) is 5.91 Å². The lowest BCUT2D eigenvalue weighted by molar-refractivity contribution is -0.117. The summed E-state index contributed by atoms with van der Waals surface area (Å²) in [7, 11) is 0. The molecule has 0 radical (unpaired) electrons. The zero-order valence-corrected chi connectivity index (χ0v) is 12.5. The van der Waals surface area contributed by atoms with Gasteiger partial charge in [0.25, 0.3) is 0 Å². The summed E-state index contributed by atoms with van der Waals surface area (Å²) in [6.07, 6.45) is 1.03. The minimum Gasteiger partial charge on any atom is -0.397 e. The fourth-order valence-electron chi connectivity index (χ4n) is 1.81. The molecule has 0 aliphatic rings. The van der Waals surface area contributed by atoms with Crippen molar-refractivity contribution >= 4 is 28.9 Å². The molecule has 0 heterocycles. The summed E-state index contributed by atoms with van der Waals surface area (Å²) in [5, 5.41) is 3.33. The fraction of sp³-hybridized carbons (Fsp3) is 0.500. The number of hydrogen-bond acceptors (Lipinski definition) is 3. The molecule has 0 spiro atoms. The van der Waals surface area contributed by atoms with Crippen molar-refractivity contribution in [1.29, 1.82) is 0 Å². The van der Waals surface area contributed by atoms with Gasteiger partial charge in [-0.15, -0.1) is 0 Å². The van der Waals surface area contributed by atoms with Crippen molar-refractivity contribution in [2.45, 2.75) is 33.2 Å². The number of nitrogens with two attached hydrogens (primary N) is 1. The van der Waals surface area contributed by atoms with Gasteiger partial charge in [0.05, 0.1) is 17.3 Å². The summed E-state index contributed by atoms with van der Waals surface area (Å²) >= 11 is 5.84. The van der Waals surface area contributed by atoms with Crippen LogP contribution in [0.25, 0.3) is 0 Å². The first-order valence-corrected chi connectivity index (χ1v) is 6.90. The van der Waals surface area contributed by atoms with Gasteiger partial charge in [-0.25, -0.2) is 0 Å². The highest BCUT2D eigenvalue weighted by Gasteiger charge is 2.13. The van der Waals surface area contributed by atoms with Crippen LogP contribution in [0.5, 0.6) is 0 Å². The second-order valence-corrected chi connectivity index (χ2v) is 5.26. The number of benzene rings is 1. The van der Waals surface area contributed by atoms with Crippen LogP contribution in [0.1, 0.15) is 27.2 Å². The summed E-state index contributed by atoms with van der Waals surface area (Å²) in [6.45, 7) is 7.57. The number of hydrogen-bond donors (Lipinski definition) is 2. The van der Waals surface area contributed by atoms with Crippen LogP contribution in [0.4, 0.5) is 11.4 Å². The zero-order valence-electron chi connectivity index (χ0n) is 11.7. The number of halogens is 1. The topological polar surface area (TPSA) is 58.4 Å². The Labute approximate surface area is 119 Å². The molecular formula is C14H22ClN3O. The Kier molecular flexibility index (Phi) is 6.12. The van der Waals surface area contributed by atoms with Gasteiger partial charge in [-0.05, 0) is 45.0 Å². The molecule has 0 aliphatic heterocycles.